The standard InChI is InChI=1S/C13H16N4O/c1-8-5-12(16-7-13(18)15-2)10-6-9(14)3-4-11(10)17-8/h3-6H,7,14H2,1-2H3,(H,15,18)(H,16,17). The SMILES string of the molecule is CNC(=O)CNc1cc(C)nc2ccc(N)cc12. The maximum atomic E-state index is 11.3. The van der Waals surface area contributed by atoms with Gasteiger partial charge >= 0.3 is 0 Å². The molecular formula is C13H16N4O. The number of pyridine rings is 1. The van der Waals surface area contributed by atoms with E-state index in [2.05, 4.69) is 15.6 Å². The largest absolute Gasteiger partial charge is 0.399 e. The van der Waals surface area contributed by atoms with Crippen molar-refractivity contribution in [1.29, 1.82) is 0 Å². The van der Waals surface area contributed by atoms with Gasteiger partial charge in [-0.3, -0.25) is 9.78 Å². The maximum absolute atomic E-state index is 11.3. The van der Waals surface area contributed by atoms with E-state index in [1.807, 2.05) is 31.2 Å². The van der Waals surface area contributed by atoms with E-state index < -0.39 is 0 Å². The molecule has 0 aliphatic carbocycles. The zero-order valence-electron chi connectivity index (χ0n) is 10.4. The smallest absolute Gasteiger partial charge is 0.239 e. The molecule has 0 unspecified atom stereocenters. The number of nitrogens with two attached hydrogens (primary N) is 1. The van der Waals surface area contributed by atoms with Crippen molar-refractivity contribution in [1.82, 2.24) is 10.3 Å². The molecule has 18 heavy (non-hydrogen) atoms. The summed E-state index contributed by atoms with van der Waals surface area (Å²) in [6.07, 6.45) is 0. The fraction of sp³-hybridized carbons (Fsp3) is 0.231. The number of hydrogen-bond acceptors (Lipinski definition) is 4. The Morgan fingerprint density at radius 1 is 1.39 bits per heavy atom. The Morgan fingerprint density at radius 2 is 2.17 bits per heavy atom. The Balaban J connectivity index is 2.41. The molecule has 5 heteroatoms. The van der Waals surface area contributed by atoms with Crippen LogP contribution < -0.4 is 16.4 Å². The summed E-state index contributed by atoms with van der Waals surface area (Å²) in [7, 11) is 1.61. The lowest BCUT2D eigenvalue weighted by molar-refractivity contribution is -0.118. The highest BCUT2D eigenvalue weighted by atomic mass is 16.1. The first kappa shape index (κ1) is 12.2. The molecule has 4 N–H and O–H groups in total. The lowest BCUT2D eigenvalue weighted by atomic mass is 10.1. The van der Waals surface area contributed by atoms with Gasteiger partial charge in [0.1, 0.15) is 0 Å². The van der Waals surface area contributed by atoms with Gasteiger partial charge in [0.2, 0.25) is 5.91 Å². The second-order valence-electron chi connectivity index (χ2n) is 4.11. The van der Waals surface area contributed by atoms with Crippen molar-refractivity contribution in [3.63, 3.8) is 0 Å². The number of likely N-dealkylation sites (N-methyl/N-ethyl adjacent to an activating group) is 1. The predicted molar refractivity (Wildman–Crippen MR) is 73.4 cm³/mol. The number of rotatable bonds is 3. The molecule has 0 aliphatic rings. The molecule has 1 heterocycles. The first-order valence-electron chi connectivity index (χ1n) is 5.71. The Hall–Kier alpha value is -2.30. The number of fused-ring (bicyclic) bond motifs is 1. The molecule has 0 radical (unpaired) electrons. The first-order chi connectivity index (χ1) is 8.60. The molecule has 0 fully saturated rings. The number of hydrogen-bond donors (Lipinski definition) is 3. The Morgan fingerprint density at radius 3 is 2.89 bits per heavy atom. The predicted octanol–water partition coefficient (Wildman–Crippen LogP) is 1.28. The summed E-state index contributed by atoms with van der Waals surface area (Å²) >= 11 is 0. The lowest BCUT2D eigenvalue weighted by Crippen LogP contribution is -2.26. The number of amides is 1. The Labute approximate surface area is 105 Å². The van der Waals surface area contributed by atoms with Gasteiger partial charge in [-0.05, 0) is 31.2 Å². The highest BCUT2D eigenvalue weighted by Crippen LogP contribution is 2.25. The molecule has 0 saturated heterocycles. The van der Waals surface area contributed by atoms with Crippen LogP contribution in [0.3, 0.4) is 0 Å². The van der Waals surface area contributed by atoms with Crippen LogP contribution in [-0.4, -0.2) is 24.5 Å². The topological polar surface area (TPSA) is 80.0 Å². The van der Waals surface area contributed by atoms with Crippen LogP contribution >= 0.6 is 0 Å². The van der Waals surface area contributed by atoms with Crippen LogP contribution in [0.5, 0.6) is 0 Å². The monoisotopic (exact) mass is 244 g/mol. The fourth-order valence-corrected chi connectivity index (χ4v) is 1.79. The van der Waals surface area contributed by atoms with E-state index in [0.717, 1.165) is 22.3 Å². The highest BCUT2D eigenvalue weighted by molar-refractivity contribution is 5.94. The average molecular weight is 244 g/mol. The van der Waals surface area contributed by atoms with Gasteiger partial charge < -0.3 is 16.4 Å². The van der Waals surface area contributed by atoms with Crippen molar-refractivity contribution in [2.24, 2.45) is 0 Å². The van der Waals surface area contributed by atoms with Crippen LogP contribution in [0.4, 0.5) is 11.4 Å². The number of aromatic nitrogens is 1. The number of carbonyl (C=O) groups is 1. The molecule has 2 aromatic rings. The minimum Gasteiger partial charge on any atom is -0.399 e. The summed E-state index contributed by atoms with van der Waals surface area (Å²) in [6, 6.07) is 7.46. The molecule has 1 amide bonds. The summed E-state index contributed by atoms with van der Waals surface area (Å²) in [6.45, 7) is 2.14. The molecule has 94 valence electrons. The van der Waals surface area contributed by atoms with Gasteiger partial charge in [0.15, 0.2) is 0 Å². The van der Waals surface area contributed by atoms with Gasteiger partial charge in [-0.1, -0.05) is 0 Å². The van der Waals surface area contributed by atoms with Gasteiger partial charge in [-0.15, -0.1) is 0 Å². The van der Waals surface area contributed by atoms with Crippen LogP contribution in [0.15, 0.2) is 24.3 Å². The average Bonchev–Trinajstić information content (AvgIpc) is 2.36. The zero-order chi connectivity index (χ0) is 13.1. The van der Waals surface area contributed by atoms with Crippen LogP contribution in [-0.2, 0) is 4.79 Å². The van der Waals surface area contributed by atoms with Gasteiger partial charge in [-0.2, -0.15) is 0 Å². The van der Waals surface area contributed by atoms with Crippen molar-refractivity contribution in [2.45, 2.75) is 6.92 Å². The third-order valence-electron chi connectivity index (χ3n) is 2.68. The van der Waals surface area contributed by atoms with Gasteiger partial charge in [0, 0.05) is 29.5 Å². The number of nitrogen functional groups attached to an aromatic ring is 1. The molecule has 1 aromatic heterocycles. The third-order valence-corrected chi connectivity index (χ3v) is 2.68. The molecule has 0 spiro atoms. The molecular weight excluding hydrogens is 228 g/mol. The van der Waals surface area contributed by atoms with Crippen molar-refractivity contribution >= 4 is 28.2 Å². The van der Waals surface area contributed by atoms with Gasteiger partial charge in [0.25, 0.3) is 0 Å². The number of carbonyl (C=O) groups excluding carboxylic acids is 1. The molecule has 0 atom stereocenters. The minimum absolute atomic E-state index is 0.0680. The van der Waals surface area contributed by atoms with Crippen molar-refractivity contribution in [3.05, 3.63) is 30.0 Å². The van der Waals surface area contributed by atoms with E-state index in [1.165, 1.54) is 0 Å². The number of anilines is 2. The third kappa shape index (κ3) is 2.51. The summed E-state index contributed by atoms with van der Waals surface area (Å²) in [4.78, 5) is 15.7. The van der Waals surface area contributed by atoms with E-state index in [1.54, 1.807) is 7.05 Å². The van der Waals surface area contributed by atoms with E-state index >= 15 is 0 Å². The van der Waals surface area contributed by atoms with Crippen molar-refractivity contribution in [3.8, 4) is 0 Å². The van der Waals surface area contributed by atoms with Crippen molar-refractivity contribution in [2.75, 3.05) is 24.6 Å². The maximum Gasteiger partial charge on any atom is 0.239 e. The molecule has 0 aliphatic heterocycles. The number of nitrogens with zero attached hydrogens (tertiary/aromatic N) is 1. The summed E-state index contributed by atoms with van der Waals surface area (Å²) in [5.41, 5.74) is 9.08. The van der Waals surface area contributed by atoms with Crippen LogP contribution in [0.2, 0.25) is 0 Å². The van der Waals surface area contributed by atoms with Crippen LogP contribution in [0, 0.1) is 6.92 Å². The van der Waals surface area contributed by atoms with E-state index in [9.17, 15) is 4.79 Å². The normalized spacial score (nSPS) is 10.3. The summed E-state index contributed by atoms with van der Waals surface area (Å²) in [5.74, 6) is -0.0680. The van der Waals surface area contributed by atoms with Crippen LogP contribution in [0.1, 0.15) is 5.69 Å². The zero-order valence-corrected chi connectivity index (χ0v) is 10.4. The first-order valence-corrected chi connectivity index (χ1v) is 5.71. The minimum atomic E-state index is -0.0680. The Bertz CT molecular complexity index is 595. The molecule has 2 rings (SSSR count). The second kappa shape index (κ2) is 4.91. The molecule has 5 nitrogen and oxygen atoms in total. The lowest BCUT2D eigenvalue weighted by Gasteiger charge is -2.10. The van der Waals surface area contributed by atoms with E-state index in [4.69, 9.17) is 5.73 Å². The van der Waals surface area contributed by atoms with Crippen molar-refractivity contribution < 1.29 is 4.79 Å². The molecule has 0 saturated carbocycles. The number of aryl methyl sites for hydroxylation is 1. The summed E-state index contributed by atoms with van der Waals surface area (Å²) in [5, 5.41) is 6.59. The number of benzene rings is 1. The molecule has 0 bridgehead atoms. The van der Waals surface area contributed by atoms with Gasteiger partial charge in [-0.25, -0.2) is 0 Å². The summed E-state index contributed by atoms with van der Waals surface area (Å²) < 4.78 is 0. The van der Waals surface area contributed by atoms with E-state index in [-0.39, 0.29) is 12.5 Å². The Kier molecular flexibility index (Phi) is 3.32. The molecule has 1 aromatic carbocycles. The second-order valence-corrected chi connectivity index (χ2v) is 4.11. The van der Waals surface area contributed by atoms with Gasteiger partial charge in [0.05, 0.1) is 12.1 Å². The van der Waals surface area contributed by atoms with Crippen LogP contribution in [0.25, 0.3) is 10.9 Å². The van der Waals surface area contributed by atoms with E-state index in [0.29, 0.717) is 5.69 Å². The highest BCUT2D eigenvalue weighted by Gasteiger charge is 2.05. The fourth-order valence-electron chi connectivity index (χ4n) is 1.79. The quantitative estimate of drug-likeness (QED) is 0.711. The number of nitrogens with one attached hydrogen (secondary N) is 2.